The zero-order chi connectivity index (χ0) is 21.8. The monoisotopic (exact) mass is 419 g/mol. The Bertz CT molecular complexity index is 974. The molecule has 1 N–H and O–H groups in total. The van der Waals surface area contributed by atoms with Crippen LogP contribution >= 0.6 is 0 Å². The number of amides is 2. The summed E-state index contributed by atoms with van der Waals surface area (Å²) in [5.74, 6) is -0.492. The Morgan fingerprint density at radius 1 is 0.839 bits per heavy atom. The largest absolute Gasteiger partial charge is 0.379 e. The van der Waals surface area contributed by atoms with E-state index >= 15 is 0 Å². The minimum Gasteiger partial charge on any atom is -0.379 e. The van der Waals surface area contributed by atoms with Gasteiger partial charge in [-0.15, -0.1) is 0 Å². The molecule has 2 heterocycles. The Labute approximate surface area is 183 Å². The highest BCUT2D eigenvalue weighted by Crippen LogP contribution is 2.31. The van der Waals surface area contributed by atoms with Crippen molar-refractivity contribution < 1.29 is 14.3 Å². The highest BCUT2D eigenvalue weighted by molar-refractivity contribution is 6.36. The maximum absolute atomic E-state index is 13.3. The predicted molar refractivity (Wildman–Crippen MR) is 121 cm³/mol. The second-order valence-corrected chi connectivity index (χ2v) is 8.18. The van der Waals surface area contributed by atoms with Crippen molar-refractivity contribution in [3.05, 3.63) is 70.9 Å². The number of benzene rings is 2. The van der Waals surface area contributed by atoms with E-state index in [1.807, 2.05) is 62.4 Å². The molecule has 6 nitrogen and oxygen atoms in total. The highest BCUT2D eigenvalue weighted by atomic mass is 16.5. The van der Waals surface area contributed by atoms with Gasteiger partial charge in [-0.1, -0.05) is 47.5 Å². The quantitative estimate of drug-likeness (QED) is 0.699. The lowest BCUT2D eigenvalue weighted by Gasteiger charge is -2.27. The van der Waals surface area contributed by atoms with Crippen LogP contribution in [0.2, 0.25) is 0 Å². The van der Waals surface area contributed by atoms with Crippen LogP contribution < -0.4 is 5.32 Å². The van der Waals surface area contributed by atoms with Gasteiger partial charge < -0.3 is 10.1 Å². The van der Waals surface area contributed by atoms with E-state index in [1.54, 1.807) is 0 Å². The van der Waals surface area contributed by atoms with Gasteiger partial charge in [-0.05, 0) is 38.0 Å². The Morgan fingerprint density at radius 3 is 2.10 bits per heavy atom. The topological polar surface area (TPSA) is 61.9 Å². The Balaban J connectivity index is 1.55. The molecule has 0 unspecified atom stereocenters. The van der Waals surface area contributed by atoms with Crippen molar-refractivity contribution in [1.82, 2.24) is 9.80 Å². The molecule has 0 aromatic heterocycles. The summed E-state index contributed by atoms with van der Waals surface area (Å²) >= 11 is 0. The van der Waals surface area contributed by atoms with Gasteiger partial charge in [0.15, 0.2) is 0 Å². The molecule has 2 amide bonds. The molecule has 2 aliphatic heterocycles. The van der Waals surface area contributed by atoms with E-state index in [-0.39, 0.29) is 11.8 Å². The molecule has 0 aliphatic carbocycles. The average Bonchev–Trinajstić information content (AvgIpc) is 3.01. The number of carbonyl (C=O) groups is 2. The highest BCUT2D eigenvalue weighted by Gasteiger charge is 2.38. The Morgan fingerprint density at radius 2 is 1.45 bits per heavy atom. The first-order valence-electron chi connectivity index (χ1n) is 10.8. The van der Waals surface area contributed by atoms with E-state index in [0.717, 1.165) is 61.6 Å². The minimum atomic E-state index is -0.261. The van der Waals surface area contributed by atoms with Crippen LogP contribution in [0.25, 0.3) is 5.57 Å². The third kappa shape index (κ3) is 4.86. The third-order valence-electron chi connectivity index (χ3n) is 5.79. The van der Waals surface area contributed by atoms with Gasteiger partial charge in [0, 0.05) is 31.9 Å². The predicted octanol–water partition coefficient (Wildman–Crippen LogP) is 3.22. The summed E-state index contributed by atoms with van der Waals surface area (Å²) in [6.07, 6.45) is 0.746. The molecule has 6 heteroatoms. The number of nitrogens with one attached hydrogen (secondary N) is 1. The smallest absolute Gasteiger partial charge is 0.278 e. The standard InChI is InChI=1S/C25H29N3O3/c1-18-4-8-20(9-5-18)22-23(26-21-10-6-19(2)7-11-21)25(30)28(24(22)29)13-3-12-27-14-16-31-17-15-27/h4-11,26H,3,12-17H2,1-2H3. The van der Waals surface area contributed by atoms with E-state index in [1.165, 1.54) is 4.90 Å². The maximum atomic E-state index is 13.3. The van der Waals surface area contributed by atoms with Crippen molar-refractivity contribution in [2.75, 3.05) is 44.7 Å². The van der Waals surface area contributed by atoms with Crippen LogP contribution in [0.15, 0.2) is 54.2 Å². The normalized spacial score (nSPS) is 17.5. The summed E-state index contributed by atoms with van der Waals surface area (Å²) in [5.41, 5.74) is 4.59. The average molecular weight is 420 g/mol. The third-order valence-corrected chi connectivity index (χ3v) is 5.79. The second-order valence-electron chi connectivity index (χ2n) is 8.18. The number of rotatable bonds is 7. The minimum absolute atomic E-state index is 0.231. The van der Waals surface area contributed by atoms with Gasteiger partial charge in [0.2, 0.25) is 0 Å². The van der Waals surface area contributed by atoms with Crippen LogP contribution in [-0.4, -0.2) is 61.0 Å². The molecule has 1 fully saturated rings. The summed E-state index contributed by atoms with van der Waals surface area (Å²) in [6, 6.07) is 15.6. The van der Waals surface area contributed by atoms with Crippen LogP contribution in [0.1, 0.15) is 23.1 Å². The molecule has 162 valence electrons. The Kier molecular flexibility index (Phi) is 6.49. The van der Waals surface area contributed by atoms with Crippen LogP contribution in [0, 0.1) is 13.8 Å². The number of hydrogen-bond acceptors (Lipinski definition) is 5. The van der Waals surface area contributed by atoms with Gasteiger partial charge in [-0.2, -0.15) is 0 Å². The van der Waals surface area contributed by atoms with Crippen molar-refractivity contribution >= 4 is 23.1 Å². The summed E-state index contributed by atoms with van der Waals surface area (Å²) in [6.45, 7) is 8.55. The number of carbonyl (C=O) groups excluding carboxylic acids is 2. The molecule has 0 spiro atoms. The van der Waals surface area contributed by atoms with E-state index in [4.69, 9.17) is 4.74 Å². The molecule has 0 saturated carbocycles. The van der Waals surface area contributed by atoms with E-state index in [9.17, 15) is 9.59 Å². The second kappa shape index (κ2) is 9.45. The molecule has 2 aromatic carbocycles. The number of nitrogens with zero attached hydrogens (tertiary/aromatic N) is 2. The number of hydrogen-bond donors (Lipinski definition) is 1. The van der Waals surface area contributed by atoms with Gasteiger partial charge in [-0.3, -0.25) is 19.4 Å². The lowest BCUT2D eigenvalue weighted by Crippen LogP contribution is -2.39. The SMILES string of the molecule is Cc1ccc(NC2=C(c3ccc(C)cc3)C(=O)N(CCCN3CCOCC3)C2=O)cc1. The molecule has 2 aromatic rings. The first-order valence-corrected chi connectivity index (χ1v) is 10.8. The molecular weight excluding hydrogens is 390 g/mol. The summed E-state index contributed by atoms with van der Waals surface area (Å²) in [7, 11) is 0. The fourth-order valence-corrected chi connectivity index (χ4v) is 3.94. The van der Waals surface area contributed by atoms with E-state index in [2.05, 4.69) is 10.2 Å². The molecular formula is C25H29N3O3. The summed E-state index contributed by atoms with van der Waals surface area (Å²) in [5, 5.41) is 3.22. The fourth-order valence-electron chi connectivity index (χ4n) is 3.94. The Hall–Kier alpha value is -2.96. The number of aryl methyl sites for hydroxylation is 2. The molecule has 1 saturated heterocycles. The van der Waals surface area contributed by atoms with Crippen LogP contribution in [0.5, 0.6) is 0 Å². The zero-order valence-corrected chi connectivity index (χ0v) is 18.2. The molecule has 0 bridgehead atoms. The molecule has 31 heavy (non-hydrogen) atoms. The van der Waals surface area contributed by atoms with Crippen LogP contribution in [0.4, 0.5) is 5.69 Å². The van der Waals surface area contributed by atoms with Crippen LogP contribution in [0.3, 0.4) is 0 Å². The molecule has 2 aliphatic rings. The number of morpholine rings is 1. The van der Waals surface area contributed by atoms with Crippen molar-refractivity contribution in [2.45, 2.75) is 20.3 Å². The number of ether oxygens (including phenoxy) is 1. The van der Waals surface area contributed by atoms with Crippen molar-refractivity contribution in [3.63, 3.8) is 0 Å². The zero-order valence-electron chi connectivity index (χ0n) is 18.2. The van der Waals surface area contributed by atoms with Gasteiger partial charge in [0.05, 0.1) is 18.8 Å². The summed E-state index contributed by atoms with van der Waals surface area (Å²) in [4.78, 5) is 30.3. The van der Waals surface area contributed by atoms with Gasteiger partial charge >= 0.3 is 0 Å². The summed E-state index contributed by atoms with van der Waals surface area (Å²) < 4.78 is 5.39. The number of anilines is 1. The van der Waals surface area contributed by atoms with Gasteiger partial charge in [-0.25, -0.2) is 0 Å². The molecule has 0 radical (unpaired) electrons. The van der Waals surface area contributed by atoms with Gasteiger partial charge in [0.1, 0.15) is 5.70 Å². The maximum Gasteiger partial charge on any atom is 0.278 e. The molecule has 0 atom stereocenters. The first-order chi connectivity index (χ1) is 15.0. The van der Waals surface area contributed by atoms with Crippen molar-refractivity contribution in [1.29, 1.82) is 0 Å². The van der Waals surface area contributed by atoms with Crippen molar-refractivity contribution in [2.24, 2.45) is 0 Å². The first kappa shape index (κ1) is 21.3. The molecule has 4 rings (SSSR count). The lowest BCUT2D eigenvalue weighted by atomic mass is 10.0. The number of imide groups is 1. The fraction of sp³-hybridized carbons (Fsp3) is 0.360. The van der Waals surface area contributed by atoms with E-state index < -0.39 is 0 Å². The lowest BCUT2D eigenvalue weighted by molar-refractivity contribution is -0.136. The van der Waals surface area contributed by atoms with Gasteiger partial charge in [0.25, 0.3) is 11.8 Å². The van der Waals surface area contributed by atoms with E-state index in [0.29, 0.717) is 17.8 Å². The van der Waals surface area contributed by atoms with Crippen LogP contribution in [-0.2, 0) is 14.3 Å². The van der Waals surface area contributed by atoms with Crippen molar-refractivity contribution in [3.8, 4) is 0 Å².